The molecule has 1 amide bonds. The number of carbonyl (C=O) groups is 1. The minimum absolute atomic E-state index is 0.250. The molecular weight excluding hydrogens is 277 g/mol. The number of nitrogens with zero attached hydrogens (tertiary/aromatic N) is 1. The Kier molecular flexibility index (Phi) is 4.36. The van der Waals surface area contributed by atoms with E-state index in [2.05, 4.69) is 60.4 Å². The maximum atomic E-state index is 12.1. The van der Waals surface area contributed by atoms with Gasteiger partial charge in [-0.3, -0.25) is 4.79 Å². The second-order valence-corrected chi connectivity index (χ2v) is 7.88. The molecule has 108 valence electrons. The third kappa shape index (κ3) is 3.01. The smallest absolute Gasteiger partial charge is 0.223 e. The average molecular weight is 297 g/mol. The van der Waals surface area contributed by atoms with Gasteiger partial charge in [-0.15, -0.1) is 0 Å². The molecule has 1 aliphatic heterocycles. The lowest BCUT2D eigenvalue weighted by molar-refractivity contribution is -0.128. The van der Waals surface area contributed by atoms with Crippen LogP contribution in [0.3, 0.4) is 0 Å². The highest BCUT2D eigenvalue weighted by atomic mass is 31.1. The Morgan fingerprint density at radius 2 is 1.48 bits per heavy atom. The van der Waals surface area contributed by atoms with Gasteiger partial charge < -0.3 is 4.90 Å². The summed E-state index contributed by atoms with van der Waals surface area (Å²) in [6.45, 7) is 3.10. The normalized spacial score (nSPS) is 16.5. The van der Waals surface area contributed by atoms with E-state index in [4.69, 9.17) is 0 Å². The minimum atomic E-state index is -0.545. The second kappa shape index (κ2) is 6.41. The quantitative estimate of drug-likeness (QED) is 0.794. The van der Waals surface area contributed by atoms with E-state index in [9.17, 15) is 4.79 Å². The maximum Gasteiger partial charge on any atom is 0.223 e. The van der Waals surface area contributed by atoms with Crippen LogP contribution < -0.4 is 10.6 Å². The SMILES string of the molecule is CC(N1CCCC1=O)P(c1ccccc1)c1ccccc1. The van der Waals surface area contributed by atoms with Crippen LogP contribution >= 0.6 is 7.92 Å². The highest BCUT2D eigenvalue weighted by Gasteiger charge is 2.31. The molecule has 1 atom stereocenters. The first-order valence-corrected chi connectivity index (χ1v) is 8.87. The van der Waals surface area contributed by atoms with E-state index >= 15 is 0 Å². The number of carbonyl (C=O) groups excluding carboxylic acids is 1. The molecule has 0 spiro atoms. The van der Waals surface area contributed by atoms with E-state index in [1.807, 2.05) is 12.1 Å². The topological polar surface area (TPSA) is 20.3 Å². The molecule has 1 aliphatic rings. The summed E-state index contributed by atoms with van der Waals surface area (Å²) in [5.41, 5.74) is 0. The fourth-order valence-corrected chi connectivity index (χ4v) is 5.63. The van der Waals surface area contributed by atoms with Gasteiger partial charge in [0, 0.05) is 13.0 Å². The van der Waals surface area contributed by atoms with Crippen molar-refractivity contribution < 1.29 is 4.79 Å². The maximum absolute atomic E-state index is 12.1. The van der Waals surface area contributed by atoms with Gasteiger partial charge in [0.25, 0.3) is 0 Å². The Bertz CT molecular complexity index is 560. The van der Waals surface area contributed by atoms with Crippen LogP contribution in [0, 0.1) is 0 Å². The van der Waals surface area contributed by atoms with E-state index in [1.165, 1.54) is 10.6 Å². The standard InChI is InChI=1S/C18H20NOP/c1-15(19-14-8-13-18(19)20)21(16-9-4-2-5-10-16)17-11-6-3-7-12-17/h2-7,9-12,15H,8,13-14H2,1H3. The summed E-state index contributed by atoms with van der Waals surface area (Å²) in [5.74, 6) is 0.557. The first kappa shape index (κ1) is 14.3. The van der Waals surface area contributed by atoms with E-state index in [1.54, 1.807) is 0 Å². The Balaban J connectivity index is 1.98. The Labute approximate surface area is 127 Å². The molecule has 3 heteroatoms. The molecule has 21 heavy (non-hydrogen) atoms. The van der Waals surface area contributed by atoms with E-state index in [-0.39, 0.29) is 5.78 Å². The molecule has 0 N–H and O–H groups in total. The zero-order chi connectivity index (χ0) is 14.7. The molecular formula is C18H20NOP. The molecule has 2 nitrogen and oxygen atoms in total. The van der Waals surface area contributed by atoms with Crippen molar-refractivity contribution >= 4 is 24.4 Å². The minimum Gasteiger partial charge on any atom is -0.336 e. The molecule has 1 heterocycles. The summed E-state index contributed by atoms with van der Waals surface area (Å²) in [4.78, 5) is 14.2. The first-order valence-electron chi connectivity index (χ1n) is 7.46. The molecule has 0 radical (unpaired) electrons. The molecule has 2 aromatic rings. The number of likely N-dealkylation sites (tertiary alicyclic amines) is 1. The van der Waals surface area contributed by atoms with Crippen LogP contribution in [0.2, 0.25) is 0 Å². The van der Waals surface area contributed by atoms with Gasteiger partial charge in [0.15, 0.2) is 0 Å². The van der Waals surface area contributed by atoms with Crippen molar-refractivity contribution in [2.75, 3.05) is 6.54 Å². The van der Waals surface area contributed by atoms with Gasteiger partial charge in [-0.25, -0.2) is 0 Å². The lowest BCUT2D eigenvalue weighted by atomic mass is 10.4. The zero-order valence-electron chi connectivity index (χ0n) is 12.3. The first-order chi connectivity index (χ1) is 10.3. The fourth-order valence-electron chi connectivity index (χ4n) is 2.96. The molecule has 2 aromatic carbocycles. The van der Waals surface area contributed by atoms with Gasteiger partial charge in [0.1, 0.15) is 0 Å². The molecule has 0 aromatic heterocycles. The molecule has 3 rings (SSSR count). The summed E-state index contributed by atoms with van der Waals surface area (Å²) < 4.78 is 0. The summed E-state index contributed by atoms with van der Waals surface area (Å²) in [7, 11) is -0.545. The number of hydrogen-bond acceptors (Lipinski definition) is 1. The van der Waals surface area contributed by atoms with Gasteiger partial charge >= 0.3 is 0 Å². The van der Waals surface area contributed by atoms with Crippen LogP contribution in [-0.4, -0.2) is 23.1 Å². The molecule has 0 saturated carbocycles. The molecule has 1 unspecified atom stereocenters. The third-order valence-electron chi connectivity index (χ3n) is 4.00. The Morgan fingerprint density at radius 3 is 1.90 bits per heavy atom. The van der Waals surface area contributed by atoms with Crippen LogP contribution in [-0.2, 0) is 4.79 Å². The summed E-state index contributed by atoms with van der Waals surface area (Å²) >= 11 is 0. The monoisotopic (exact) mass is 297 g/mol. The van der Waals surface area contributed by atoms with Gasteiger partial charge in [0.05, 0.1) is 5.78 Å². The Hall–Kier alpha value is -1.66. The van der Waals surface area contributed by atoms with Gasteiger partial charge in [-0.05, 0) is 31.9 Å². The number of benzene rings is 2. The van der Waals surface area contributed by atoms with Crippen molar-refractivity contribution in [3.05, 3.63) is 60.7 Å². The predicted octanol–water partition coefficient (Wildman–Crippen LogP) is 3.09. The van der Waals surface area contributed by atoms with Crippen LogP contribution in [0.25, 0.3) is 0 Å². The van der Waals surface area contributed by atoms with Crippen molar-refractivity contribution in [2.45, 2.75) is 25.5 Å². The van der Waals surface area contributed by atoms with Crippen molar-refractivity contribution in [2.24, 2.45) is 0 Å². The van der Waals surface area contributed by atoms with Gasteiger partial charge in [-0.1, -0.05) is 60.7 Å². The van der Waals surface area contributed by atoms with E-state index in [0.717, 1.165) is 13.0 Å². The van der Waals surface area contributed by atoms with Crippen LogP contribution in [0.4, 0.5) is 0 Å². The number of rotatable bonds is 4. The number of hydrogen-bond donors (Lipinski definition) is 0. The summed E-state index contributed by atoms with van der Waals surface area (Å²) in [5, 5.41) is 2.68. The Morgan fingerprint density at radius 1 is 0.952 bits per heavy atom. The highest BCUT2D eigenvalue weighted by Crippen LogP contribution is 2.42. The van der Waals surface area contributed by atoms with Crippen molar-refractivity contribution in [1.29, 1.82) is 0 Å². The number of amides is 1. The van der Waals surface area contributed by atoms with Gasteiger partial charge in [-0.2, -0.15) is 0 Å². The summed E-state index contributed by atoms with van der Waals surface area (Å²) in [6, 6.07) is 21.2. The van der Waals surface area contributed by atoms with E-state index in [0.29, 0.717) is 12.3 Å². The van der Waals surface area contributed by atoms with Crippen LogP contribution in [0.1, 0.15) is 19.8 Å². The lowest BCUT2D eigenvalue weighted by Crippen LogP contribution is -2.37. The van der Waals surface area contributed by atoms with Crippen LogP contribution in [0.5, 0.6) is 0 Å². The molecule has 0 bridgehead atoms. The average Bonchev–Trinajstić information content (AvgIpc) is 2.96. The summed E-state index contributed by atoms with van der Waals surface area (Å²) in [6.07, 6.45) is 1.70. The second-order valence-electron chi connectivity index (χ2n) is 5.36. The van der Waals surface area contributed by atoms with Crippen molar-refractivity contribution in [3.63, 3.8) is 0 Å². The molecule has 1 fully saturated rings. The predicted molar refractivity (Wildman–Crippen MR) is 89.5 cm³/mol. The lowest BCUT2D eigenvalue weighted by Gasteiger charge is -2.32. The van der Waals surface area contributed by atoms with Crippen LogP contribution in [0.15, 0.2) is 60.7 Å². The van der Waals surface area contributed by atoms with Crippen molar-refractivity contribution in [3.8, 4) is 0 Å². The van der Waals surface area contributed by atoms with E-state index < -0.39 is 7.92 Å². The van der Waals surface area contributed by atoms with Crippen molar-refractivity contribution in [1.82, 2.24) is 4.90 Å². The van der Waals surface area contributed by atoms with Gasteiger partial charge in [0.2, 0.25) is 5.91 Å². The highest BCUT2D eigenvalue weighted by molar-refractivity contribution is 7.73. The largest absolute Gasteiger partial charge is 0.336 e. The fraction of sp³-hybridized carbons (Fsp3) is 0.278. The zero-order valence-corrected chi connectivity index (χ0v) is 13.2. The molecule has 1 saturated heterocycles. The third-order valence-corrected chi connectivity index (χ3v) is 6.74. The molecule has 0 aliphatic carbocycles.